The first-order valence-corrected chi connectivity index (χ1v) is 5.81. The van der Waals surface area contributed by atoms with Crippen LogP contribution < -0.4 is 0 Å². The smallest absolute Gasteiger partial charge is 0.0704 e. The molecule has 0 spiro atoms. The number of hydrogen-bond acceptors (Lipinski definition) is 2. The Kier molecular flexibility index (Phi) is 2.18. The average molecular weight is 213 g/mol. The number of rotatable bonds is 3. The maximum Gasteiger partial charge on any atom is 0.0704 e. The van der Waals surface area contributed by atoms with Gasteiger partial charge in [0.15, 0.2) is 0 Å². The summed E-state index contributed by atoms with van der Waals surface area (Å²) in [6.45, 7) is 0. The number of hydrogen-bond donors (Lipinski definition) is 1. The van der Waals surface area contributed by atoms with Gasteiger partial charge in [0.25, 0.3) is 0 Å². The van der Waals surface area contributed by atoms with Gasteiger partial charge in [-0.25, -0.2) is 0 Å². The molecule has 82 valence electrons. The predicted molar refractivity (Wildman–Crippen MR) is 64.2 cm³/mol. The highest BCUT2D eigenvalue weighted by molar-refractivity contribution is 5.78. The molecule has 2 aromatic rings. The van der Waals surface area contributed by atoms with Crippen molar-refractivity contribution in [1.82, 2.24) is 4.98 Å². The van der Waals surface area contributed by atoms with E-state index in [-0.39, 0.29) is 5.60 Å². The number of aliphatic hydroxyl groups is 1. The number of fused-ring (bicyclic) bond motifs is 1. The van der Waals surface area contributed by atoms with Crippen LogP contribution in [0.4, 0.5) is 0 Å². The fourth-order valence-corrected chi connectivity index (χ4v) is 2.04. The normalized spacial score (nSPS) is 17.6. The van der Waals surface area contributed by atoms with Gasteiger partial charge >= 0.3 is 0 Å². The minimum absolute atomic E-state index is 0.348. The molecule has 0 aliphatic heterocycles. The van der Waals surface area contributed by atoms with Crippen LogP contribution in [0.15, 0.2) is 36.5 Å². The summed E-state index contributed by atoms with van der Waals surface area (Å²) in [5.74, 6) is 0. The van der Waals surface area contributed by atoms with Crippen molar-refractivity contribution in [3.8, 4) is 0 Å². The summed E-state index contributed by atoms with van der Waals surface area (Å²) in [5, 5.41) is 11.0. The maximum absolute atomic E-state index is 9.79. The molecular formula is C14H15NO. The number of pyridine rings is 1. The molecule has 0 atom stereocenters. The zero-order chi connectivity index (χ0) is 11.0. The Morgan fingerprint density at radius 3 is 2.94 bits per heavy atom. The second kappa shape index (κ2) is 3.56. The van der Waals surface area contributed by atoms with Gasteiger partial charge < -0.3 is 5.11 Å². The number of aromatic nitrogens is 1. The molecule has 2 nitrogen and oxygen atoms in total. The monoisotopic (exact) mass is 213 g/mol. The first-order chi connectivity index (χ1) is 7.75. The standard InChI is InChI=1S/C14H15NO/c16-14(7-8-14)6-5-11-3-4-12-2-1-9-15-13(12)10-11/h1-4,9-10,16H,5-8H2. The lowest BCUT2D eigenvalue weighted by molar-refractivity contribution is 0.140. The quantitative estimate of drug-likeness (QED) is 0.850. The minimum atomic E-state index is -0.348. The molecule has 0 unspecified atom stereocenters. The molecule has 1 aromatic carbocycles. The molecule has 1 fully saturated rings. The molecular weight excluding hydrogens is 198 g/mol. The second-order valence-electron chi connectivity index (χ2n) is 4.75. The van der Waals surface area contributed by atoms with E-state index in [1.165, 1.54) is 10.9 Å². The number of benzene rings is 1. The summed E-state index contributed by atoms with van der Waals surface area (Å²) >= 11 is 0. The van der Waals surface area contributed by atoms with E-state index in [0.717, 1.165) is 31.2 Å². The molecule has 16 heavy (non-hydrogen) atoms. The van der Waals surface area contributed by atoms with Gasteiger partial charge in [-0.15, -0.1) is 0 Å². The van der Waals surface area contributed by atoms with E-state index >= 15 is 0 Å². The van der Waals surface area contributed by atoms with E-state index in [4.69, 9.17) is 0 Å². The zero-order valence-corrected chi connectivity index (χ0v) is 9.19. The van der Waals surface area contributed by atoms with Crippen molar-refractivity contribution in [3.63, 3.8) is 0 Å². The predicted octanol–water partition coefficient (Wildman–Crippen LogP) is 2.69. The largest absolute Gasteiger partial charge is 0.390 e. The molecule has 3 rings (SSSR count). The summed E-state index contributed by atoms with van der Waals surface area (Å²) in [4.78, 5) is 4.34. The van der Waals surface area contributed by atoms with Crippen LogP contribution in [-0.4, -0.2) is 15.7 Å². The lowest BCUT2D eigenvalue weighted by Crippen LogP contribution is -2.07. The van der Waals surface area contributed by atoms with Gasteiger partial charge in [-0.2, -0.15) is 0 Å². The fourth-order valence-electron chi connectivity index (χ4n) is 2.04. The fraction of sp³-hybridized carbons (Fsp3) is 0.357. The Morgan fingerprint density at radius 2 is 2.12 bits per heavy atom. The van der Waals surface area contributed by atoms with Gasteiger partial charge in [-0.3, -0.25) is 4.98 Å². The first kappa shape index (κ1) is 9.79. The average Bonchev–Trinajstić information content (AvgIpc) is 3.05. The molecule has 0 saturated heterocycles. The summed E-state index contributed by atoms with van der Waals surface area (Å²) in [6, 6.07) is 10.4. The van der Waals surface area contributed by atoms with Crippen molar-refractivity contribution in [2.45, 2.75) is 31.3 Å². The molecule has 1 saturated carbocycles. The summed E-state index contributed by atoms with van der Waals surface area (Å²) in [7, 11) is 0. The molecule has 1 N–H and O–H groups in total. The van der Waals surface area contributed by atoms with Crippen molar-refractivity contribution >= 4 is 10.9 Å². The first-order valence-electron chi connectivity index (χ1n) is 5.81. The van der Waals surface area contributed by atoms with E-state index in [0.29, 0.717) is 0 Å². The van der Waals surface area contributed by atoms with Gasteiger partial charge in [-0.1, -0.05) is 18.2 Å². The molecule has 0 radical (unpaired) electrons. The van der Waals surface area contributed by atoms with Gasteiger partial charge in [0.05, 0.1) is 11.1 Å². The van der Waals surface area contributed by atoms with Crippen molar-refractivity contribution in [2.24, 2.45) is 0 Å². The van der Waals surface area contributed by atoms with Crippen LogP contribution in [0.1, 0.15) is 24.8 Å². The molecule has 1 aromatic heterocycles. The van der Waals surface area contributed by atoms with Gasteiger partial charge in [0.2, 0.25) is 0 Å². The molecule has 2 heteroatoms. The van der Waals surface area contributed by atoms with Gasteiger partial charge in [0, 0.05) is 11.6 Å². The molecule has 1 aliphatic rings. The van der Waals surface area contributed by atoms with Crippen LogP contribution in [0, 0.1) is 0 Å². The van der Waals surface area contributed by atoms with Gasteiger partial charge in [-0.05, 0) is 43.4 Å². The van der Waals surface area contributed by atoms with Crippen LogP contribution in [0.2, 0.25) is 0 Å². The number of aryl methyl sites for hydroxylation is 1. The lowest BCUT2D eigenvalue weighted by atomic mass is 10.0. The van der Waals surface area contributed by atoms with Crippen LogP contribution in [0.25, 0.3) is 10.9 Å². The Morgan fingerprint density at radius 1 is 1.25 bits per heavy atom. The van der Waals surface area contributed by atoms with E-state index in [1.807, 2.05) is 12.3 Å². The highest BCUT2D eigenvalue weighted by Gasteiger charge is 2.39. The van der Waals surface area contributed by atoms with Crippen molar-refractivity contribution in [3.05, 3.63) is 42.1 Å². The van der Waals surface area contributed by atoms with Crippen LogP contribution in [-0.2, 0) is 6.42 Å². The third-order valence-corrected chi connectivity index (χ3v) is 3.38. The van der Waals surface area contributed by atoms with Gasteiger partial charge in [0.1, 0.15) is 0 Å². The third kappa shape index (κ3) is 1.93. The summed E-state index contributed by atoms with van der Waals surface area (Å²) < 4.78 is 0. The summed E-state index contributed by atoms with van der Waals surface area (Å²) in [6.07, 6.45) is 5.59. The highest BCUT2D eigenvalue weighted by atomic mass is 16.3. The topological polar surface area (TPSA) is 33.1 Å². The zero-order valence-electron chi connectivity index (χ0n) is 9.19. The SMILES string of the molecule is OC1(CCc2ccc3cccnc3c2)CC1. The van der Waals surface area contributed by atoms with Crippen LogP contribution in [0.5, 0.6) is 0 Å². The molecule has 0 amide bonds. The van der Waals surface area contributed by atoms with Crippen molar-refractivity contribution < 1.29 is 5.11 Å². The van der Waals surface area contributed by atoms with E-state index < -0.39 is 0 Å². The lowest BCUT2D eigenvalue weighted by Gasteiger charge is -2.07. The number of nitrogens with zero attached hydrogens (tertiary/aromatic N) is 1. The van der Waals surface area contributed by atoms with E-state index in [2.05, 4.69) is 29.2 Å². The Balaban J connectivity index is 1.81. The second-order valence-corrected chi connectivity index (χ2v) is 4.75. The Labute approximate surface area is 94.9 Å². The van der Waals surface area contributed by atoms with E-state index in [9.17, 15) is 5.11 Å². The van der Waals surface area contributed by atoms with E-state index in [1.54, 1.807) is 0 Å². The molecule has 1 heterocycles. The maximum atomic E-state index is 9.79. The molecule has 0 bridgehead atoms. The van der Waals surface area contributed by atoms with Crippen LogP contribution >= 0.6 is 0 Å². The Bertz CT molecular complexity index is 517. The molecule has 1 aliphatic carbocycles. The minimum Gasteiger partial charge on any atom is -0.390 e. The van der Waals surface area contributed by atoms with Crippen molar-refractivity contribution in [1.29, 1.82) is 0 Å². The third-order valence-electron chi connectivity index (χ3n) is 3.38. The van der Waals surface area contributed by atoms with Crippen molar-refractivity contribution in [2.75, 3.05) is 0 Å². The Hall–Kier alpha value is -1.41. The summed E-state index contributed by atoms with van der Waals surface area (Å²) in [5.41, 5.74) is 1.97. The highest BCUT2D eigenvalue weighted by Crippen LogP contribution is 2.39. The van der Waals surface area contributed by atoms with Crippen LogP contribution in [0.3, 0.4) is 0 Å².